The van der Waals surface area contributed by atoms with Gasteiger partial charge < -0.3 is 5.73 Å². The fraction of sp³-hybridized carbons (Fsp3) is 0.467. The first-order chi connectivity index (χ1) is 10.2. The van der Waals surface area contributed by atoms with Gasteiger partial charge in [-0.05, 0) is 33.0 Å². The molecule has 1 heterocycles. The highest BCUT2D eigenvalue weighted by molar-refractivity contribution is 7.91. The quantitative estimate of drug-likeness (QED) is 0.896. The second-order valence-corrected chi connectivity index (χ2v) is 8.14. The Morgan fingerprint density at radius 2 is 1.86 bits per heavy atom. The number of rotatable bonds is 5. The number of hydrogen-bond acceptors (Lipinski definition) is 6. The predicted molar refractivity (Wildman–Crippen MR) is 89.2 cm³/mol. The van der Waals surface area contributed by atoms with Crippen LogP contribution < -0.4 is 5.73 Å². The molecular formula is C15H22N4O2S. The van der Waals surface area contributed by atoms with E-state index < -0.39 is 15.1 Å². The van der Waals surface area contributed by atoms with Crippen molar-refractivity contribution in [3.05, 3.63) is 30.1 Å². The summed E-state index contributed by atoms with van der Waals surface area (Å²) in [6.07, 6.45) is 1.26. The van der Waals surface area contributed by atoms with Crippen molar-refractivity contribution < 1.29 is 8.42 Å². The van der Waals surface area contributed by atoms with Gasteiger partial charge in [-0.15, -0.1) is 0 Å². The van der Waals surface area contributed by atoms with Gasteiger partial charge in [0.1, 0.15) is 11.6 Å². The maximum atomic E-state index is 11.7. The van der Waals surface area contributed by atoms with Gasteiger partial charge in [-0.1, -0.05) is 12.1 Å². The lowest BCUT2D eigenvalue weighted by Gasteiger charge is -2.28. The molecule has 0 saturated carbocycles. The van der Waals surface area contributed by atoms with Crippen molar-refractivity contribution >= 4 is 26.6 Å². The van der Waals surface area contributed by atoms with E-state index in [-0.39, 0.29) is 6.04 Å². The van der Waals surface area contributed by atoms with Crippen molar-refractivity contribution in [1.29, 1.82) is 0 Å². The normalized spacial score (nSPS) is 15.1. The van der Waals surface area contributed by atoms with Crippen LogP contribution in [0.3, 0.4) is 0 Å². The average Bonchev–Trinajstić information content (AvgIpc) is 2.44. The van der Waals surface area contributed by atoms with E-state index in [9.17, 15) is 8.42 Å². The minimum Gasteiger partial charge on any atom is -0.383 e. The lowest BCUT2D eigenvalue weighted by Crippen LogP contribution is -2.41. The maximum absolute atomic E-state index is 11.7. The molecular weight excluding hydrogens is 300 g/mol. The lowest BCUT2D eigenvalue weighted by atomic mass is 10.2. The average molecular weight is 322 g/mol. The SMILES string of the molecule is C[C@H]([C@H](C)S(C)(=O)=O)N(C)Cc1nc(N)c2ccccc2n1. The van der Waals surface area contributed by atoms with Crippen LogP contribution in [0.15, 0.2) is 24.3 Å². The molecule has 0 spiro atoms. The van der Waals surface area contributed by atoms with Crippen LogP contribution in [0.5, 0.6) is 0 Å². The highest BCUT2D eigenvalue weighted by Crippen LogP contribution is 2.18. The number of hydrogen-bond donors (Lipinski definition) is 1. The number of nitrogens with two attached hydrogens (primary N) is 1. The van der Waals surface area contributed by atoms with Gasteiger partial charge in [0.05, 0.1) is 17.3 Å². The highest BCUT2D eigenvalue weighted by Gasteiger charge is 2.25. The van der Waals surface area contributed by atoms with Crippen molar-refractivity contribution in [3.8, 4) is 0 Å². The number of aromatic nitrogens is 2. The largest absolute Gasteiger partial charge is 0.383 e. The van der Waals surface area contributed by atoms with Crippen molar-refractivity contribution in [2.24, 2.45) is 0 Å². The van der Waals surface area contributed by atoms with Crippen LogP contribution in [0.1, 0.15) is 19.7 Å². The van der Waals surface area contributed by atoms with Crippen LogP contribution in [0.4, 0.5) is 5.82 Å². The summed E-state index contributed by atoms with van der Waals surface area (Å²) >= 11 is 0. The molecule has 0 aliphatic rings. The van der Waals surface area contributed by atoms with Crippen molar-refractivity contribution in [2.45, 2.75) is 31.7 Å². The molecule has 2 rings (SSSR count). The minimum absolute atomic E-state index is 0.147. The van der Waals surface area contributed by atoms with E-state index in [0.29, 0.717) is 18.2 Å². The molecule has 7 heteroatoms. The predicted octanol–water partition coefficient (Wildman–Crippen LogP) is 1.47. The van der Waals surface area contributed by atoms with Crippen molar-refractivity contribution in [3.63, 3.8) is 0 Å². The summed E-state index contributed by atoms with van der Waals surface area (Å²) in [5.74, 6) is 1.03. The van der Waals surface area contributed by atoms with Crippen LogP contribution in [-0.2, 0) is 16.4 Å². The molecule has 2 aromatic rings. The zero-order chi connectivity index (χ0) is 16.5. The molecule has 0 aliphatic heterocycles. The molecule has 1 aromatic carbocycles. The summed E-state index contributed by atoms with van der Waals surface area (Å²) in [4.78, 5) is 10.7. The molecule has 0 aliphatic carbocycles. The molecule has 22 heavy (non-hydrogen) atoms. The Bertz CT molecular complexity index is 776. The number of nitrogens with zero attached hydrogens (tertiary/aromatic N) is 3. The molecule has 2 N–H and O–H groups in total. The lowest BCUT2D eigenvalue weighted by molar-refractivity contribution is 0.240. The van der Waals surface area contributed by atoms with Gasteiger partial charge >= 0.3 is 0 Å². The zero-order valence-corrected chi connectivity index (χ0v) is 14.1. The molecule has 0 saturated heterocycles. The fourth-order valence-corrected chi connectivity index (χ4v) is 3.23. The van der Waals surface area contributed by atoms with E-state index >= 15 is 0 Å². The van der Waals surface area contributed by atoms with Gasteiger partial charge in [0.2, 0.25) is 0 Å². The van der Waals surface area contributed by atoms with Gasteiger partial charge in [0.15, 0.2) is 9.84 Å². The number of para-hydroxylation sites is 1. The standard InChI is InChI=1S/C15H22N4O2S/c1-10(11(2)22(4,20)21)19(3)9-14-17-13-8-6-5-7-12(13)15(16)18-14/h5-8,10-11H,9H2,1-4H3,(H2,16,17,18)/t10-,11+/m1/s1. The summed E-state index contributed by atoms with van der Waals surface area (Å²) < 4.78 is 23.4. The number of anilines is 1. The van der Waals surface area contributed by atoms with Crippen molar-refractivity contribution in [2.75, 3.05) is 19.0 Å². The van der Waals surface area contributed by atoms with E-state index in [1.165, 1.54) is 6.26 Å². The molecule has 1 aromatic heterocycles. The molecule has 0 fully saturated rings. The summed E-state index contributed by atoms with van der Waals surface area (Å²) in [6.45, 7) is 4.04. The summed E-state index contributed by atoms with van der Waals surface area (Å²) in [7, 11) is -1.23. The van der Waals surface area contributed by atoms with E-state index in [2.05, 4.69) is 9.97 Å². The topological polar surface area (TPSA) is 89.2 Å². The van der Waals surface area contributed by atoms with E-state index in [0.717, 1.165) is 10.9 Å². The van der Waals surface area contributed by atoms with E-state index in [1.54, 1.807) is 6.92 Å². The zero-order valence-electron chi connectivity index (χ0n) is 13.3. The minimum atomic E-state index is -3.09. The maximum Gasteiger partial charge on any atom is 0.151 e. The molecule has 2 atom stereocenters. The number of nitrogen functional groups attached to an aromatic ring is 1. The molecule has 0 radical (unpaired) electrons. The van der Waals surface area contributed by atoms with Gasteiger partial charge in [-0.2, -0.15) is 0 Å². The summed E-state index contributed by atoms with van der Waals surface area (Å²) in [6, 6.07) is 7.41. The number of sulfone groups is 1. The monoisotopic (exact) mass is 322 g/mol. The van der Waals surface area contributed by atoms with E-state index in [4.69, 9.17) is 5.73 Å². The van der Waals surface area contributed by atoms with Gasteiger partial charge in [-0.25, -0.2) is 18.4 Å². The first kappa shape index (κ1) is 16.6. The Balaban J connectivity index is 2.23. The molecule has 0 amide bonds. The summed E-state index contributed by atoms with van der Waals surface area (Å²) in [5, 5.41) is 0.363. The van der Waals surface area contributed by atoms with Gasteiger partial charge in [-0.3, -0.25) is 4.90 Å². The fourth-order valence-electron chi connectivity index (χ4n) is 2.30. The van der Waals surface area contributed by atoms with Gasteiger partial charge in [0.25, 0.3) is 0 Å². The Morgan fingerprint density at radius 3 is 2.50 bits per heavy atom. The Morgan fingerprint density at radius 1 is 1.23 bits per heavy atom. The Labute approximate surface area is 131 Å². The first-order valence-electron chi connectivity index (χ1n) is 7.10. The van der Waals surface area contributed by atoms with Crippen molar-refractivity contribution in [1.82, 2.24) is 14.9 Å². The molecule has 0 unspecified atom stereocenters. The van der Waals surface area contributed by atoms with Crippen LogP contribution in [0.2, 0.25) is 0 Å². The molecule has 0 bridgehead atoms. The molecule has 6 nitrogen and oxygen atoms in total. The smallest absolute Gasteiger partial charge is 0.151 e. The van der Waals surface area contributed by atoms with Crippen LogP contribution in [0, 0.1) is 0 Å². The molecule has 120 valence electrons. The third kappa shape index (κ3) is 3.53. The number of benzene rings is 1. The van der Waals surface area contributed by atoms with Crippen LogP contribution in [-0.4, -0.2) is 47.9 Å². The van der Waals surface area contributed by atoms with Crippen LogP contribution >= 0.6 is 0 Å². The van der Waals surface area contributed by atoms with Crippen LogP contribution in [0.25, 0.3) is 10.9 Å². The highest BCUT2D eigenvalue weighted by atomic mass is 32.2. The first-order valence-corrected chi connectivity index (χ1v) is 9.06. The van der Waals surface area contributed by atoms with Gasteiger partial charge in [0, 0.05) is 17.7 Å². The Hall–Kier alpha value is -1.73. The Kier molecular flexibility index (Phi) is 4.67. The second-order valence-electron chi connectivity index (χ2n) is 5.73. The number of fused-ring (bicyclic) bond motifs is 1. The third-order valence-electron chi connectivity index (χ3n) is 4.12. The summed E-state index contributed by atoms with van der Waals surface area (Å²) in [5.41, 5.74) is 6.77. The second kappa shape index (κ2) is 6.18. The van der Waals surface area contributed by atoms with E-state index in [1.807, 2.05) is 43.1 Å². The third-order valence-corrected chi connectivity index (χ3v) is 5.86.